The molecule has 0 radical (unpaired) electrons. The van der Waals surface area contributed by atoms with Crippen molar-refractivity contribution in [3.8, 4) is 11.1 Å². The highest BCUT2D eigenvalue weighted by Gasteiger charge is 2.51. The minimum Gasteiger partial charge on any atom is -0.361 e. The Morgan fingerprint density at radius 3 is 2.49 bits per heavy atom. The van der Waals surface area contributed by atoms with E-state index in [0.29, 0.717) is 47.8 Å². The molecule has 298 valence electrons. The zero-order chi connectivity index (χ0) is 39.2. The molecular weight excluding hydrogens is 715 g/mol. The Hall–Kier alpha value is -4.89. The number of benzene rings is 2. The third-order valence-corrected chi connectivity index (χ3v) is 16.4. The monoisotopic (exact) mass is 773 g/mol. The van der Waals surface area contributed by atoms with E-state index in [1.807, 2.05) is 0 Å². The molecule has 0 amide bonds. The Kier molecular flexibility index (Phi) is 8.61. The van der Waals surface area contributed by atoms with Crippen LogP contribution in [0.2, 0.25) is 0 Å². The van der Waals surface area contributed by atoms with Gasteiger partial charge in [0, 0.05) is 47.5 Å². The van der Waals surface area contributed by atoms with E-state index in [1.54, 1.807) is 33.6 Å². The molecule has 1 saturated heterocycles. The van der Waals surface area contributed by atoms with E-state index < -0.39 is 0 Å². The van der Waals surface area contributed by atoms with Gasteiger partial charge in [-0.3, -0.25) is 4.99 Å². The lowest BCUT2D eigenvalue weighted by Gasteiger charge is -2.40. The molecule has 3 nitrogen and oxygen atoms in total. The Morgan fingerprint density at radius 2 is 1.59 bits per heavy atom. The van der Waals surface area contributed by atoms with Crippen molar-refractivity contribution in [2.75, 3.05) is 4.90 Å². The number of fused-ring (bicyclic) bond motifs is 8. The summed E-state index contributed by atoms with van der Waals surface area (Å²) >= 11 is 0. The lowest BCUT2D eigenvalue weighted by molar-refractivity contribution is 0.240. The first kappa shape index (κ1) is 36.0. The van der Waals surface area contributed by atoms with Gasteiger partial charge in [-0.15, -0.1) is 0 Å². The van der Waals surface area contributed by atoms with Crippen LogP contribution in [-0.2, 0) is 0 Å². The van der Waals surface area contributed by atoms with E-state index in [9.17, 15) is 0 Å². The maximum absolute atomic E-state index is 4.59. The normalized spacial score (nSPS) is 34.5. The number of aliphatic imine (C=N–C) groups is 1. The molecule has 2 aromatic rings. The Balaban J connectivity index is 0.865. The van der Waals surface area contributed by atoms with Crippen LogP contribution in [-0.4, -0.2) is 35.3 Å². The van der Waals surface area contributed by atoms with Gasteiger partial charge in [-0.1, -0.05) is 117 Å². The molecule has 10 aliphatic rings. The molecule has 0 N–H and O–H groups in total. The molecule has 0 aromatic heterocycles. The van der Waals surface area contributed by atoms with Crippen molar-refractivity contribution in [3.63, 3.8) is 0 Å². The van der Waals surface area contributed by atoms with Crippen LogP contribution in [0.5, 0.6) is 0 Å². The maximum atomic E-state index is 4.59. The van der Waals surface area contributed by atoms with Crippen molar-refractivity contribution >= 4 is 17.5 Å². The molecule has 2 aromatic carbocycles. The fourth-order valence-electron chi connectivity index (χ4n) is 13.7. The molecule has 1 saturated carbocycles. The van der Waals surface area contributed by atoms with Crippen LogP contribution in [0.1, 0.15) is 90.0 Å². The van der Waals surface area contributed by atoms with Crippen molar-refractivity contribution in [2.45, 2.75) is 109 Å². The molecule has 9 atom stereocenters. The average Bonchev–Trinajstić information content (AvgIpc) is 3.89. The molecule has 7 aliphatic carbocycles. The molecular formula is C56H59N3. The number of allylic oxidation sites excluding steroid dienone is 11. The quantitative estimate of drug-likeness (QED) is 0.282. The van der Waals surface area contributed by atoms with Gasteiger partial charge in [0.25, 0.3) is 0 Å². The number of hydrogen-bond donors (Lipinski definition) is 0. The number of rotatable bonds is 5. The second-order valence-electron chi connectivity index (χ2n) is 19.7. The highest BCUT2D eigenvalue weighted by atomic mass is 15.2. The topological polar surface area (TPSA) is 18.8 Å². The van der Waals surface area contributed by atoms with E-state index in [4.69, 9.17) is 0 Å². The predicted octanol–water partition coefficient (Wildman–Crippen LogP) is 13.1. The van der Waals surface area contributed by atoms with Gasteiger partial charge in [0.2, 0.25) is 0 Å². The standard InChI is InChI=1S/C56H59N3/c1-56(2)50-19-9-6-16-44(50)47-34-42(24-25-51(47)56)58-52-20-10-7-17-45(52)48-32-37(22-26-54(48)58)38-23-27-55-49(33-38)46-18-8-11-21-53(46)59(55)43-30-40(36-13-4-3-5-14-36)29-41(31-43)39-15-12-28-57-35-39/h3-6,8,11,13-14,16,18,21-22,25-26,28-35,38,42,44,46,48,50,53-55H,7,9-10,12,15,17,19-20,23-24,27H2,1-2H3. The molecule has 9 unspecified atom stereocenters. The molecule has 0 spiro atoms. The average molecular weight is 774 g/mol. The summed E-state index contributed by atoms with van der Waals surface area (Å²) in [6, 6.07) is 19.9. The van der Waals surface area contributed by atoms with Crippen molar-refractivity contribution in [1.29, 1.82) is 0 Å². The van der Waals surface area contributed by atoms with E-state index in [1.165, 1.54) is 79.3 Å². The molecule has 12 rings (SSSR count). The smallest absolute Gasteiger partial charge is 0.0583 e. The number of nitrogens with zero attached hydrogens (tertiary/aromatic N) is 3. The van der Waals surface area contributed by atoms with Crippen LogP contribution < -0.4 is 4.90 Å². The van der Waals surface area contributed by atoms with E-state index in [-0.39, 0.29) is 5.41 Å². The van der Waals surface area contributed by atoms with Crippen molar-refractivity contribution < 1.29 is 0 Å². The molecule has 59 heavy (non-hydrogen) atoms. The van der Waals surface area contributed by atoms with Gasteiger partial charge >= 0.3 is 0 Å². The Bertz CT molecular complexity index is 2420. The summed E-state index contributed by atoms with van der Waals surface area (Å²) in [6.07, 6.45) is 48.2. The van der Waals surface area contributed by atoms with Crippen LogP contribution in [0.15, 0.2) is 166 Å². The first-order chi connectivity index (χ1) is 29.0. The van der Waals surface area contributed by atoms with Crippen LogP contribution in [0.4, 0.5) is 5.69 Å². The fourth-order valence-corrected chi connectivity index (χ4v) is 13.7. The largest absolute Gasteiger partial charge is 0.361 e. The lowest BCUT2D eigenvalue weighted by atomic mass is 9.72. The summed E-state index contributed by atoms with van der Waals surface area (Å²) in [5.41, 5.74) is 16.8. The minimum atomic E-state index is 0.280. The summed E-state index contributed by atoms with van der Waals surface area (Å²) in [6.45, 7) is 5.05. The van der Waals surface area contributed by atoms with Gasteiger partial charge < -0.3 is 9.80 Å². The molecule has 3 heteroatoms. The Morgan fingerprint density at radius 1 is 0.729 bits per heavy atom. The third kappa shape index (κ3) is 5.77. The van der Waals surface area contributed by atoms with Crippen LogP contribution in [0, 0.1) is 35.0 Å². The van der Waals surface area contributed by atoms with Gasteiger partial charge in [-0.2, -0.15) is 0 Å². The first-order valence-electron chi connectivity index (χ1n) is 23.3. The number of anilines is 1. The van der Waals surface area contributed by atoms with Gasteiger partial charge in [-0.25, -0.2) is 0 Å². The molecule has 2 fully saturated rings. The van der Waals surface area contributed by atoms with Gasteiger partial charge in [0.1, 0.15) is 0 Å². The zero-order valence-corrected chi connectivity index (χ0v) is 35.0. The summed E-state index contributed by atoms with van der Waals surface area (Å²) in [4.78, 5) is 10.3. The highest BCUT2D eigenvalue weighted by molar-refractivity contribution is 5.81. The SMILES string of the molecule is CC1(C)C2=CCC(N3C4=C(CCCC4)C4C=C(C5C=C6C7C=CC=CC7N(c7cc(C8=CN=CCC8)cc(-c8ccccc8)c7)C6CC5)C=CC43)C=C2C2C=CCCC21. The second-order valence-corrected chi connectivity index (χ2v) is 19.7. The maximum Gasteiger partial charge on any atom is 0.0583 e. The fraction of sp³-hybridized carbons (Fsp3) is 0.411. The highest BCUT2D eigenvalue weighted by Crippen LogP contribution is 2.59. The summed E-state index contributed by atoms with van der Waals surface area (Å²) in [7, 11) is 0. The van der Waals surface area contributed by atoms with Gasteiger partial charge in [0.15, 0.2) is 0 Å². The lowest BCUT2D eigenvalue weighted by Crippen LogP contribution is -2.41. The predicted molar refractivity (Wildman–Crippen MR) is 246 cm³/mol. The van der Waals surface area contributed by atoms with Crippen molar-refractivity contribution in [2.24, 2.45) is 40.0 Å². The van der Waals surface area contributed by atoms with Crippen LogP contribution >= 0.6 is 0 Å². The zero-order valence-electron chi connectivity index (χ0n) is 35.0. The van der Waals surface area contributed by atoms with E-state index >= 15 is 0 Å². The second kappa shape index (κ2) is 14.1. The Labute approximate surface area is 352 Å². The molecule has 0 bridgehead atoms. The summed E-state index contributed by atoms with van der Waals surface area (Å²) in [5, 5.41) is 0. The third-order valence-electron chi connectivity index (χ3n) is 16.4. The van der Waals surface area contributed by atoms with Gasteiger partial charge in [0.05, 0.1) is 24.2 Å². The summed E-state index contributed by atoms with van der Waals surface area (Å²) in [5.74, 6) is 2.73. The van der Waals surface area contributed by atoms with Gasteiger partial charge in [-0.05, 0) is 150 Å². The number of hydrogen-bond acceptors (Lipinski definition) is 3. The van der Waals surface area contributed by atoms with Crippen molar-refractivity contribution in [1.82, 2.24) is 4.90 Å². The van der Waals surface area contributed by atoms with E-state index in [2.05, 4.69) is 162 Å². The van der Waals surface area contributed by atoms with Crippen LogP contribution in [0.3, 0.4) is 0 Å². The summed E-state index contributed by atoms with van der Waals surface area (Å²) < 4.78 is 0. The van der Waals surface area contributed by atoms with Crippen molar-refractivity contribution in [3.05, 3.63) is 167 Å². The van der Waals surface area contributed by atoms with E-state index in [0.717, 1.165) is 25.2 Å². The molecule has 3 heterocycles. The van der Waals surface area contributed by atoms with Crippen LogP contribution in [0.25, 0.3) is 16.7 Å². The first-order valence-corrected chi connectivity index (χ1v) is 23.3. The minimum absolute atomic E-state index is 0.280. The molecule has 3 aliphatic heterocycles.